The number of hydrogen-bond donors (Lipinski definition) is 1. The van der Waals surface area contributed by atoms with Crippen molar-refractivity contribution < 1.29 is 14.6 Å². The standard InChI is InChI=1S/C11H10ClNO3/c1-13-5-8(11(14)15)7-3-6(16-2)4-9(12)10(7)13/h3-5H,1-2H3,(H,14,15). The smallest absolute Gasteiger partial charge is 0.337 e. The summed E-state index contributed by atoms with van der Waals surface area (Å²) in [4.78, 5) is 11.0. The SMILES string of the molecule is COc1cc(Cl)c2c(c1)c(C(=O)O)cn2C. The van der Waals surface area contributed by atoms with E-state index in [9.17, 15) is 4.79 Å². The van der Waals surface area contributed by atoms with Crippen molar-refractivity contribution in [2.24, 2.45) is 7.05 Å². The molecule has 4 nitrogen and oxygen atoms in total. The molecule has 0 amide bonds. The molecule has 1 aromatic heterocycles. The molecule has 0 aliphatic heterocycles. The Morgan fingerprint density at radius 3 is 2.75 bits per heavy atom. The first-order valence-corrected chi connectivity index (χ1v) is 4.98. The number of benzene rings is 1. The average Bonchev–Trinajstić information content (AvgIpc) is 2.56. The summed E-state index contributed by atoms with van der Waals surface area (Å²) in [6.07, 6.45) is 1.54. The molecule has 0 saturated carbocycles. The lowest BCUT2D eigenvalue weighted by Crippen LogP contribution is -1.94. The molecule has 0 aliphatic rings. The number of carbonyl (C=O) groups is 1. The highest BCUT2D eigenvalue weighted by Gasteiger charge is 2.16. The van der Waals surface area contributed by atoms with Crippen molar-refractivity contribution in [1.82, 2.24) is 4.57 Å². The number of aromatic nitrogens is 1. The van der Waals surface area contributed by atoms with Gasteiger partial charge < -0.3 is 14.4 Å². The van der Waals surface area contributed by atoms with E-state index in [0.717, 1.165) is 0 Å². The van der Waals surface area contributed by atoms with E-state index in [4.69, 9.17) is 21.4 Å². The van der Waals surface area contributed by atoms with Crippen molar-refractivity contribution >= 4 is 28.5 Å². The van der Waals surface area contributed by atoms with Gasteiger partial charge in [-0.05, 0) is 6.07 Å². The van der Waals surface area contributed by atoms with Gasteiger partial charge in [0, 0.05) is 24.7 Å². The molecule has 1 aromatic carbocycles. The molecular weight excluding hydrogens is 230 g/mol. The molecule has 2 rings (SSSR count). The zero-order valence-corrected chi connectivity index (χ0v) is 9.58. The van der Waals surface area contributed by atoms with E-state index >= 15 is 0 Å². The topological polar surface area (TPSA) is 51.5 Å². The third-order valence-corrected chi connectivity index (χ3v) is 2.76. The van der Waals surface area contributed by atoms with Gasteiger partial charge in [0.2, 0.25) is 0 Å². The second-order valence-corrected chi connectivity index (χ2v) is 3.87. The summed E-state index contributed by atoms with van der Waals surface area (Å²) in [6, 6.07) is 3.33. The summed E-state index contributed by atoms with van der Waals surface area (Å²) in [5.41, 5.74) is 0.915. The first-order valence-electron chi connectivity index (χ1n) is 4.60. The van der Waals surface area contributed by atoms with Crippen molar-refractivity contribution in [2.75, 3.05) is 7.11 Å². The van der Waals surface area contributed by atoms with Gasteiger partial charge in [0.1, 0.15) is 5.75 Å². The second-order valence-electron chi connectivity index (χ2n) is 3.46. The predicted molar refractivity (Wildman–Crippen MR) is 61.4 cm³/mol. The molecule has 1 N–H and O–H groups in total. The van der Waals surface area contributed by atoms with E-state index in [-0.39, 0.29) is 5.56 Å². The van der Waals surface area contributed by atoms with E-state index in [1.54, 1.807) is 29.9 Å². The Labute approximate surface area is 97.0 Å². The van der Waals surface area contributed by atoms with Crippen LogP contribution in [0.25, 0.3) is 10.9 Å². The van der Waals surface area contributed by atoms with Crippen LogP contribution >= 0.6 is 11.6 Å². The molecule has 0 spiro atoms. The summed E-state index contributed by atoms with van der Waals surface area (Å²) in [7, 11) is 3.27. The van der Waals surface area contributed by atoms with Crippen LogP contribution in [-0.4, -0.2) is 22.8 Å². The highest BCUT2D eigenvalue weighted by molar-refractivity contribution is 6.35. The normalized spacial score (nSPS) is 10.7. The van der Waals surface area contributed by atoms with Gasteiger partial charge in [-0.1, -0.05) is 11.6 Å². The van der Waals surface area contributed by atoms with Crippen LogP contribution < -0.4 is 4.74 Å². The number of halogens is 1. The van der Waals surface area contributed by atoms with Crippen molar-refractivity contribution in [2.45, 2.75) is 0 Å². The Bertz CT molecular complexity index is 574. The number of aromatic carboxylic acids is 1. The van der Waals surface area contributed by atoms with Crippen LogP contribution in [0.4, 0.5) is 0 Å². The molecule has 0 fully saturated rings. The maximum Gasteiger partial charge on any atom is 0.337 e. The van der Waals surface area contributed by atoms with Crippen LogP contribution in [0.15, 0.2) is 18.3 Å². The summed E-state index contributed by atoms with van der Waals surface area (Å²) in [6.45, 7) is 0. The fourth-order valence-corrected chi connectivity index (χ4v) is 2.10. The maximum atomic E-state index is 11.0. The second kappa shape index (κ2) is 3.72. The summed E-state index contributed by atoms with van der Waals surface area (Å²) in [5, 5.41) is 10.1. The number of nitrogens with zero attached hydrogens (tertiary/aromatic N) is 1. The van der Waals surface area contributed by atoms with Gasteiger partial charge in [0.25, 0.3) is 0 Å². The van der Waals surface area contributed by atoms with Gasteiger partial charge in [-0.3, -0.25) is 0 Å². The maximum absolute atomic E-state index is 11.0. The fraction of sp³-hybridized carbons (Fsp3) is 0.182. The van der Waals surface area contributed by atoms with Crippen molar-refractivity contribution in [3.8, 4) is 5.75 Å². The number of rotatable bonds is 2. The van der Waals surface area contributed by atoms with Crippen LogP contribution in [0.3, 0.4) is 0 Å². The fourth-order valence-electron chi connectivity index (χ4n) is 1.75. The molecule has 5 heteroatoms. The number of carboxylic acid groups (broad SMARTS) is 1. The first-order chi connectivity index (χ1) is 7.54. The summed E-state index contributed by atoms with van der Waals surface area (Å²) in [5.74, 6) is -0.430. The van der Waals surface area contributed by atoms with Gasteiger partial charge in [-0.15, -0.1) is 0 Å². The number of methoxy groups -OCH3 is 1. The lowest BCUT2D eigenvalue weighted by atomic mass is 10.1. The number of ether oxygens (including phenoxy) is 1. The van der Waals surface area contributed by atoms with Crippen molar-refractivity contribution in [3.05, 3.63) is 28.9 Å². The van der Waals surface area contributed by atoms with Crippen LogP contribution in [0, 0.1) is 0 Å². The van der Waals surface area contributed by atoms with Gasteiger partial charge in [0.05, 0.1) is 23.2 Å². The Hall–Kier alpha value is -1.68. The molecule has 2 aromatic rings. The number of carboxylic acids is 1. The molecule has 0 aliphatic carbocycles. The predicted octanol–water partition coefficient (Wildman–Crippen LogP) is 2.54. The molecule has 0 bridgehead atoms. The van der Waals surface area contributed by atoms with Gasteiger partial charge >= 0.3 is 5.97 Å². The van der Waals surface area contributed by atoms with Crippen molar-refractivity contribution in [3.63, 3.8) is 0 Å². The number of fused-ring (bicyclic) bond motifs is 1. The quantitative estimate of drug-likeness (QED) is 0.876. The molecule has 84 valence electrons. The van der Waals surface area contributed by atoms with Crippen LogP contribution in [0.1, 0.15) is 10.4 Å². The lowest BCUT2D eigenvalue weighted by Gasteiger charge is -2.03. The zero-order chi connectivity index (χ0) is 11.9. The molecular formula is C11H10ClNO3. The molecule has 0 atom stereocenters. The summed E-state index contributed by atoms with van der Waals surface area (Å²) < 4.78 is 6.76. The monoisotopic (exact) mass is 239 g/mol. The third-order valence-electron chi connectivity index (χ3n) is 2.47. The highest BCUT2D eigenvalue weighted by atomic mass is 35.5. The molecule has 0 saturated heterocycles. The van der Waals surface area contributed by atoms with E-state index in [1.165, 1.54) is 7.11 Å². The Kier molecular flexibility index (Phi) is 2.52. The Morgan fingerprint density at radius 1 is 1.50 bits per heavy atom. The highest BCUT2D eigenvalue weighted by Crippen LogP contribution is 2.32. The third kappa shape index (κ3) is 1.51. The molecule has 0 radical (unpaired) electrons. The van der Waals surface area contributed by atoms with Gasteiger partial charge in [-0.25, -0.2) is 4.79 Å². The van der Waals surface area contributed by atoms with Crippen LogP contribution in [0.2, 0.25) is 5.02 Å². The number of hydrogen-bond acceptors (Lipinski definition) is 2. The molecule has 16 heavy (non-hydrogen) atoms. The summed E-state index contributed by atoms with van der Waals surface area (Å²) >= 11 is 6.07. The van der Waals surface area contributed by atoms with E-state index in [0.29, 0.717) is 21.7 Å². The van der Waals surface area contributed by atoms with Gasteiger partial charge in [0.15, 0.2) is 0 Å². The van der Waals surface area contributed by atoms with E-state index in [1.807, 2.05) is 0 Å². The Balaban J connectivity index is 2.86. The minimum absolute atomic E-state index is 0.221. The zero-order valence-electron chi connectivity index (χ0n) is 8.82. The van der Waals surface area contributed by atoms with Crippen LogP contribution in [0.5, 0.6) is 5.75 Å². The number of aryl methyl sites for hydroxylation is 1. The molecule has 0 unspecified atom stereocenters. The van der Waals surface area contributed by atoms with Crippen molar-refractivity contribution in [1.29, 1.82) is 0 Å². The van der Waals surface area contributed by atoms with Gasteiger partial charge in [-0.2, -0.15) is 0 Å². The van der Waals surface area contributed by atoms with E-state index < -0.39 is 5.97 Å². The average molecular weight is 240 g/mol. The largest absolute Gasteiger partial charge is 0.497 e. The van der Waals surface area contributed by atoms with E-state index in [2.05, 4.69) is 0 Å². The molecule has 1 heterocycles. The minimum Gasteiger partial charge on any atom is -0.497 e. The lowest BCUT2D eigenvalue weighted by molar-refractivity contribution is 0.0699. The first kappa shape index (κ1) is 10.8. The Morgan fingerprint density at radius 2 is 2.19 bits per heavy atom. The minimum atomic E-state index is -0.977. The van der Waals surface area contributed by atoms with Crippen LogP contribution in [-0.2, 0) is 7.05 Å².